The van der Waals surface area contributed by atoms with Crippen molar-refractivity contribution in [3.8, 4) is 0 Å². The Morgan fingerprint density at radius 3 is 2.83 bits per heavy atom. The van der Waals surface area contributed by atoms with Crippen molar-refractivity contribution in [2.45, 2.75) is 38.1 Å². The summed E-state index contributed by atoms with van der Waals surface area (Å²) in [4.78, 5) is 4.42. The maximum Gasteiger partial charge on any atom is 0.157 e. The predicted molar refractivity (Wildman–Crippen MR) is 54.8 cm³/mol. The van der Waals surface area contributed by atoms with Crippen LogP contribution in [0.5, 0.6) is 0 Å². The Kier molecular flexibility index (Phi) is 2.31. The van der Waals surface area contributed by atoms with Crippen molar-refractivity contribution in [2.24, 2.45) is 4.99 Å². The quantitative estimate of drug-likeness (QED) is 0.710. The lowest BCUT2D eigenvalue weighted by Gasteiger charge is -2.42. The highest BCUT2D eigenvalue weighted by molar-refractivity contribution is 8.14. The Hall–Kier alpha value is -0.180. The van der Waals surface area contributed by atoms with E-state index in [2.05, 4.69) is 17.2 Å². The second-order valence-corrected chi connectivity index (χ2v) is 4.73. The van der Waals surface area contributed by atoms with Crippen molar-refractivity contribution in [1.82, 2.24) is 5.32 Å². The van der Waals surface area contributed by atoms with Crippen LogP contribution < -0.4 is 5.32 Å². The van der Waals surface area contributed by atoms with E-state index in [1.807, 2.05) is 11.8 Å². The first-order valence-corrected chi connectivity index (χ1v) is 5.79. The molecule has 0 amide bonds. The fourth-order valence-corrected chi connectivity index (χ4v) is 2.66. The maximum atomic E-state index is 4.42. The zero-order valence-electron chi connectivity index (χ0n) is 7.60. The molecule has 1 aliphatic carbocycles. The van der Waals surface area contributed by atoms with Crippen LogP contribution in [0.4, 0.5) is 0 Å². The molecule has 1 saturated carbocycles. The molecule has 1 N–H and O–H groups in total. The smallest absolute Gasteiger partial charge is 0.157 e. The molecule has 3 heteroatoms. The van der Waals surface area contributed by atoms with E-state index in [-0.39, 0.29) is 0 Å². The van der Waals surface area contributed by atoms with Crippen LogP contribution in [0.1, 0.15) is 32.6 Å². The lowest BCUT2D eigenvalue weighted by Crippen LogP contribution is -2.51. The van der Waals surface area contributed by atoms with Crippen molar-refractivity contribution in [3.63, 3.8) is 0 Å². The van der Waals surface area contributed by atoms with Gasteiger partial charge in [-0.1, -0.05) is 18.7 Å². The number of nitrogens with zero attached hydrogens (tertiary/aromatic N) is 1. The van der Waals surface area contributed by atoms with Gasteiger partial charge >= 0.3 is 0 Å². The van der Waals surface area contributed by atoms with Gasteiger partial charge in [0, 0.05) is 11.3 Å². The van der Waals surface area contributed by atoms with Crippen molar-refractivity contribution in [3.05, 3.63) is 0 Å². The van der Waals surface area contributed by atoms with Crippen LogP contribution in [0.25, 0.3) is 0 Å². The van der Waals surface area contributed by atoms with Crippen LogP contribution in [-0.4, -0.2) is 23.0 Å². The number of nitrogens with one attached hydrogen (secondary N) is 1. The second kappa shape index (κ2) is 3.29. The van der Waals surface area contributed by atoms with Crippen molar-refractivity contribution >= 4 is 16.9 Å². The SMILES string of the molecule is CCC1(NC2=NCCS2)CCC1. The average molecular weight is 184 g/mol. The fraction of sp³-hybridized carbons (Fsp3) is 0.889. The molecule has 2 aliphatic rings. The normalized spacial score (nSPS) is 26.2. The molecule has 0 atom stereocenters. The lowest BCUT2D eigenvalue weighted by atomic mass is 9.75. The fourth-order valence-electron chi connectivity index (χ4n) is 1.81. The van der Waals surface area contributed by atoms with Crippen molar-refractivity contribution < 1.29 is 0 Å². The van der Waals surface area contributed by atoms with E-state index in [1.165, 1.54) is 36.6 Å². The molecule has 0 aromatic carbocycles. The van der Waals surface area contributed by atoms with Gasteiger partial charge < -0.3 is 5.32 Å². The van der Waals surface area contributed by atoms with E-state index in [0.717, 1.165) is 6.54 Å². The largest absolute Gasteiger partial charge is 0.360 e. The molecule has 0 aromatic heterocycles. The van der Waals surface area contributed by atoms with Gasteiger partial charge in [-0.3, -0.25) is 4.99 Å². The highest BCUT2D eigenvalue weighted by Crippen LogP contribution is 2.35. The molecular weight excluding hydrogens is 168 g/mol. The van der Waals surface area contributed by atoms with Gasteiger partial charge in [-0.15, -0.1) is 0 Å². The first-order valence-electron chi connectivity index (χ1n) is 4.80. The summed E-state index contributed by atoms with van der Waals surface area (Å²) in [6.45, 7) is 3.28. The minimum absolute atomic E-state index is 0.427. The van der Waals surface area contributed by atoms with Gasteiger partial charge in [-0.05, 0) is 25.7 Å². The molecular formula is C9H16N2S. The molecule has 12 heavy (non-hydrogen) atoms. The van der Waals surface area contributed by atoms with Crippen molar-refractivity contribution in [1.29, 1.82) is 0 Å². The van der Waals surface area contributed by atoms with Crippen LogP contribution in [0.15, 0.2) is 4.99 Å². The molecule has 0 saturated heterocycles. The third-order valence-corrected chi connectivity index (χ3v) is 3.84. The number of aliphatic imine (C=N–C) groups is 1. The molecule has 0 unspecified atom stereocenters. The molecule has 0 radical (unpaired) electrons. The van der Waals surface area contributed by atoms with E-state index in [4.69, 9.17) is 0 Å². The second-order valence-electron chi connectivity index (χ2n) is 3.65. The molecule has 2 nitrogen and oxygen atoms in total. The van der Waals surface area contributed by atoms with Crippen LogP contribution in [0, 0.1) is 0 Å². The zero-order valence-corrected chi connectivity index (χ0v) is 8.41. The summed E-state index contributed by atoms with van der Waals surface area (Å²) in [7, 11) is 0. The zero-order chi connectivity index (χ0) is 8.44. The van der Waals surface area contributed by atoms with Gasteiger partial charge in [-0.25, -0.2) is 0 Å². The minimum Gasteiger partial charge on any atom is -0.360 e. The molecule has 1 heterocycles. The Labute approximate surface area is 78.2 Å². The van der Waals surface area contributed by atoms with Crippen LogP contribution >= 0.6 is 11.8 Å². The summed E-state index contributed by atoms with van der Waals surface area (Å²) in [6.07, 6.45) is 5.30. The Bertz CT molecular complexity index is 191. The lowest BCUT2D eigenvalue weighted by molar-refractivity contribution is 0.211. The van der Waals surface area contributed by atoms with Gasteiger partial charge in [0.1, 0.15) is 0 Å². The third kappa shape index (κ3) is 1.47. The van der Waals surface area contributed by atoms with E-state index in [9.17, 15) is 0 Å². The summed E-state index contributed by atoms with van der Waals surface area (Å²) < 4.78 is 0. The first-order chi connectivity index (χ1) is 5.85. The molecule has 2 rings (SSSR count). The summed E-state index contributed by atoms with van der Waals surface area (Å²) in [5.74, 6) is 1.17. The molecule has 0 aromatic rings. The van der Waals surface area contributed by atoms with Gasteiger partial charge in [0.05, 0.1) is 6.54 Å². The van der Waals surface area contributed by atoms with Gasteiger partial charge in [0.2, 0.25) is 0 Å². The predicted octanol–water partition coefficient (Wildman–Crippen LogP) is 2.01. The Morgan fingerprint density at radius 2 is 2.42 bits per heavy atom. The summed E-state index contributed by atoms with van der Waals surface area (Å²) in [5.41, 5.74) is 0.427. The Balaban J connectivity index is 1.91. The van der Waals surface area contributed by atoms with E-state index >= 15 is 0 Å². The van der Waals surface area contributed by atoms with E-state index in [1.54, 1.807) is 0 Å². The highest BCUT2D eigenvalue weighted by atomic mass is 32.2. The summed E-state index contributed by atoms with van der Waals surface area (Å²) >= 11 is 1.87. The third-order valence-electron chi connectivity index (χ3n) is 2.95. The molecule has 1 aliphatic heterocycles. The maximum absolute atomic E-state index is 4.42. The number of hydrogen-bond acceptors (Lipinski definition) is 3. The molecule has 0 spiro atoms. The number of rotatable bonds is 2. The van der Waals surface area contributed by atoms with Gasteiger partial charge in [0.15, 0.2) is 5.17 Å². The van der Waals surface area contributed by atoms with E-state index < -0.39 is 0 Å². The summed E-state index contributed by atoms with van der Waals surface area (Å²) in [5, 5.41) is 4.78. The number of amidine groups is 1. The van der Waals surface area contributed by atoms with Gasteiger partial charge in [0.25, 0.3) is 0 Å². The standard InChI is InChI=1S/C9H16N2S/c1-2-9(4-3-5-9)11-8-10-6-7-12-8/h2-7H2,1H3,(H,10,11). The van der Waals surface area contributed by atoms with Crippen LogP contribution in [0.2, 0.25) is 0 Å². The summed E-state index contributed by atoms with van der Waals surface area (Å²) in [6, 6.07) is 0. The average Bonchev–Trinajstić information content (AvgIpc) is 2.49. The topological polar surface area (TPSA) is 24.4 Å². The monoisotopic (exact) mass is 184 g/mol. The molecule has 0 bridgehead atoms. The number of thioether (sulfide) groups is 1. The Morgan fingerprint density at radius 1 is 1.58 bits per heavy atom. The molecule has 68 valence electrons. The minimum atomic E-state index is 0.427. The van der Waals surface area contributed by atoms with Crippen LogP contribution in [0.3, 0.4) is 0 Å². The first kappa shape index (κ1) is 8.42. The van der Waals surface area contributed by atoms with E-state index in [0.29, 0.717) is 5.54 Å². The number of hydrogen-bond donors (Lipinski definition) is 1. The van der Waals surface area contributed by atoms with Crippen LogP contribution in [-0.2, 0) is 0 Å². The van der Waals surface area contributed by atoms with Crippen molar-refractivity contribution in [2.75, 3.05) is 12.3 Å². The highest BCUT2D eigenvalue weighted by Gasteiger charge is 2.36. The van der Waals surface area contributed by atoms with Gasteiger partial charge in [-0.2, -0.15) is 0 Å². The molecule has 1 fully saturated rings.